The predicted molar refractivity (Wildman–Crippen MR) is 87.1 cm³/mol. The van der Waals surface area contributed by atoms with Gasteiger partial charge in [0.25, 0.3) is 0 Å². The van der Waals surface area contributed by atoms with Gasteiger partial charge in [0.2, 0.25) is 5.91 Å². The molecule has 1 aromatic carbocycles. The number of carbonyl (C=O) groups excluding carboxylic acids is 4. The van der Waals surface area contributed by atoms with Gasteiger partial charge in [-0.3, -0.25) is 14.4 Å². The molecular formula is C16H19N3O6. The first-order chi connectivity index (χ1) is 12.0. The highest BCUT2D eigenvalue weighted by molar-refractivity contribution is 6.53. The predicted octanol–water partition coefficient (Wildman–Crippen LogP) is 0.143. The van der Waals surface area contributed by atoms with E-state index in [-0.39, 0.29) is 5.69 Å². The molecule has 5 amide bonds. The van der Waals surface area contributed by atoms with Gasteiger partial charge in [0.05, 0.1) is 12.8 Å². The van der Waals surface area contributed by atoms with Gasteiger partial charge < -0.3 is 14.8 Å². The Kier molecular flexibility index (Phi) is 6.07. The van der Waals surface area contributed by atoms with Crippen molar-refractivity contribution in [1.29, 1.82) is 0 Å². The second-order valence-electron chi connectivity index (χ2n) is 5.21. The quantitative estimate of drug-likeness (QED) is 0.407. The van der Waals surface area contributed by atoms with Crippen LogP contribution in [0.15, 0.2) is 24.3 Å². The third kappa shape index (κ3) is 4.13. The van der Waals surface area contributed by atoms with Crippen LogP contribution in [0.5, 0.6) is 5.75 Å². The van der Waals surface area contributed by atoms with Crippen LogP contribution >= 0.6 is 0 Å². The fourth-order valence-electron chi connectivity index (χ4n) is 2.25. The van der Waals surface area contributed by atoms with E-state index in [0.29, 0.717) is 30.2 Å². The van der Waals surface area contributed by atoms with E-state index in [4.69, 9.17) is 9.47 Å². The number of carbonyl (C=O) groups is 4. The molecule has 0 aliphatic carbocycles. The van der Waals surface area contributed by atoms with Gasteiger partial charge in [0.15, 0.2) is 0 Å². The molecule has 0 radical (unpaired) electrons. The summed E-state index contributed by atoms with van der Waals surface area (Å²) in [5.41, 5.74) is 0.229. The van der Waals surface area contributed by atoms with Crippen LogP contribution in [0.25, 0.3) is 0 Å². The molecule has 0 spiro atoms. The van der Waals surface area contributed by atoms with Crippen molar-refractivity contribution in [3.63, 3.8) is 0 Å². The fourth-order valence-corrected chi connectivity index (χ4v) is 2.25. The smallest absolute Gasteiger partial charge is 0.339 e. The summed E-state index contributed by atoms with van der Waals surface area (Å²) in [6.45, 7) is 0.313. The van der Waals surface area contributed by atoms with Crippen molar-refractivity contribution in [3.8, 4) is 5.75 Å². The normalized spacial score (nSPS) is 14.2. The van der Waals surface area contributed by atoms with Gasteiger partial charge in [-0.2, -0.15) is 0 Å². The molecule has 0 aromatic heterocycles. The highest BCUT2D eigenvalue weighted by Gasteiger charge is 2.46. The monoisotopic (exact) mass is 349 g/mol. The van der Waals surface area contributed by atoms with Gasteiger partial charge >= 0.3 is 17.8 Å². The lowest BCUT2D eigenvalue weighted by Gasteiger charge is -2.15. The molecule has 1 fully saturated rings. The van der Waals surface area contributed by atoms with Gasteiger partial charge in [-0.1, -0.05) is 0 Å². The number of imide groups is 2. The van der Waals surface area contributed by atoms with Crippen LogP contribution in [0.2, 0.25) is 0 Å². The highest BCUT2D eigenvalue weighted by atomic mass is 16.5. The number of rotatable bonds is 8. The number of benzene rings is 1. The first-order valence-electron chi connectivity index (χ1n) is 7.59. The van der Waals surface area contributed by atoms with Crippen LogP contribution in [-0.4, -0.2) is 62.6 Å². The second-order valence-corrected chi connectivity index (χ2v) is 5.21. The molecular weight excluding hydrogens is 330 g/mol. The minimum atomic E-state index is -1.03. The van der Waals surface area contributed by atoms with Gasteiger partial charge in [0, 0.05) is 20.3 Å². The number of hydrogen-bond donors (Lipinski definition) is 1. The molecule has 1 heterocycles. The maximum Gasteiger partial charge on any atom is 0.339 e. The Morgan fingerprint density at radius 2 is 1.76 bits per heavy atom. The molecule has 0 saturated carbocycles. The maximum atomic E-state index is 12.4. The minimum absolute atomic E-state index is 0.229. The van der Waals surface area contributed by atoms with Crippen LogP contribution < -0.4 is 15.0 Å². The minimum Gasteiger partial charge on any atom is -0.497 e. The summed E-state index contributed by atoms with van der Waals surface area (Å²) in [7, 11) is 3.03. The van der Waals surface area contributed by atoms with Crippen LogP contribution in [-0.2, 0) is 19.1 Å². The molecule has 9 nitrogen and oxygen atoms in total. The molecule has 2 rings (SSSR count). The molecule has 0 atom stereocenters. The zero-order valence-electron chi connectivity index (χ0n) is 14.0. The molecule has 25 heavy (non-hydrogen) atoms. The first-order valence-corrected chi connectivity index (χ1v) is 7.59. The summed E-state index contributed by atoms with van der Waals surface area (Å²) in [5.74, 6) is -2.01. The zero-order chi connectivity index (χ0) is 18.4. The first kappa shape index (κ1) is 18.4. The van der Waals surface area contributed by atoms with E-state index >= 15 is 0 Å². The Morgan fingerprint density at radius 1 is 1.08 bits per heavy atom. The number of ether oxygens (including phenoxy) is 2. The Hall–Kier alpha value is -2.94. The molecule has 1 aliphatic heterocycles. The number of amides is 5. The number of nitrogens with one attached hydrogen (secondary N) is 1. The molecule has 134 valence electrons. The topological polar surface area (TPSA) is 105 Å². The van der Waals surface area contributed by atoms with Crippen molar-refractivity contribution in [1.82, 2.24) is 10.2 Å². The summed E-state index contributed by atoms with van der Waals surface area (Å²) >= 11 is 0. The summed E-state index contributed by atoms with van der Waals surface area (Å²) < 4.78 is 9.86. The lowest BCUT2D eigenvalue weighted by atomic mass is 10.3. The van der Waals surface area contributed by atoms with Crippen molar-refractivity contribution in [2.24, 2.45) is 0 Å². The van der Waals surface area contributed by atoms with Gasteiger partial charge in [-0.25, -0.2) is 14.6 Å². The number of urea groups is 1. The van der Waals surface area contributed by atoms with E-state index in [0.717, 1.165) is 4.90 Å². The lowest BCUT2D eigenvalue weighted by Crippen LogP contribution is -2.41. The third-order valence-electron chi connectivity index (χ3n) is 3.53. The summed E-state index contributed by atoms with van der Waals surface area (Å²) in [6.07, 6.45) is 0.598. The third-order valence-corrected chi connectivity index (χ3v) is 3.53. The molecule has 9 heteroatoms. The Labute approximate surface area is 144 Å². The van der Waals surface area contributed by atoms with E-state index in [1.807, 2.05) is 0 Å². The van der Waals surface area contributed by atoms with E-state index in [2.05, 4.69) is 5.32 Å². The summed E-state index contributed by atoms with van der Waals surface area (Å²) in [6, 6.07) is 5.23. The molecule has 0 bridgehead atoms. The van der Waals surface area contributed by atoms with Gasteiger partial charge in [-0.05, 0) is 30.7 Å². The van der Waals surface area contributed by atoms with Crippen molar-refractivity contribution in [3.05, 3.63) is 24.3 Å². The van der Waals surface area contributed by atoms with Crippen molar-refractivity contribution < 1.29 is 28.7 Å². The average molecular weight is 349 g/mol. The number of hydrogen-bond acceptors (Lipinski definition) is 6. The van der Waals surface area contributed by atoms with Gasteiger partial charge in [-0.15, -0.1) is 0 Å². The van der Waals surface area contributed by atoms with Crippen LogP contribution in [0.4, 0.5) is 10.5 Å². The maximum absolute atomic E-state index is 12.4. The van der Waals surface area contributed by atoms with E-state index < -0.39 is 30.3 Å². The summed E-state index contributed by atoms with van der Waals surface area (Å²) in [4.78, 5) is 49.7. The van der Waals surface area contributed by atoms with Crippen LogP contribution in [0, 0.1) is 0 Å². The van der Waals surface area contributed by atoms with E-state index in [1.54, 1.807) is 19.2 Å². The van der Waals surface area contributed by atoms with Crippen LogP contribution in [0.3, 0.4) is 0 Å². The largest absolute Gasteiger partial charge is 0.497 e. The molecule has 1 N–H and O–H groups in total. The highest BCUT2D eigenvalue weighted by Crippen LogP contribution is 2.24. The number of anilines is 1. The Bertz CT molecular complexity index is 673. The number of methoxy groups -OCH3 is 2. The van der Waals surface area contributed by atoms with E-state index in [1.165, 1.54) is 19.2 Å². The lowest BCUT2D eigenvalue weighted by molar-refractivity contribution is -0.140. The van der Waals surface area contributed by atoms with Crippen molar-refractivity contribution in [2.75, 3.05) is 38.8 Å². The number of nitrogens with zero attached hydrogens (tertiary/aromatic N) is 2. The van der Waals surface area contributed by atoms with E-state index in [9.17, 15) is 19.2 Å². The SMILES string of the molecule is COCCCNC(=O)CN1C(=O)C(=O)N(c2ccc(OC)cc2)C1=O. The second kappa shape index (κ2) is 8.25. The molecule has 0 unspecified atom stereocenters. The Morgan fingerprint density at radius 3 is 2.36 bits per heavy atom. The fraction of sp³-hybridized carbons (Fsp3) is 0.375. The Balaban J connectivity index is 2.04. The molecule has 1 saturated heterocycles. The zero-order valence-corrected chi connectivity index (χ0v) is 14.0. The van der Waals surface area contributed by atoms with Crippen molar-refractivity contribution >= 4 is 29.4 Å². The summed E-state index contributed by atoms with van der Waals surface area (Å²) in [5, 5.41) is 2.56. The average Bonchev–Trinajstić information content (AvgIpc) is 2.82. The van der Waals surface area contributed by atoms with Crippen LogP contribution in [0.1, 0.15) is 6.42 Å². The van der Waals surface area contributed by atoms with Gasteiger partial charge in [0.1, 0.15) is 12.3 Å². The standard InChI is InChI=1S/C16H19N3O6/c1-24-9-3-8-17-13(20)10-18-14(21)15(22)19(16(18)23)11-4-6-12(25-2)7-5-11/h4-7H,3,8-10H2,1-2H3,(H,17,20). The molecule has 1 aliphatic rings. The molecule has 1 aromatic rings. The van der Waals surface area contributed by atoms with Crippen molar-refractivity contribution in [2.45, 2.75) is 6.42 Å².